The summed E-state index contributed by atoms with van der Waals surface area (Å²) in [6.07, 6.45) is -3.23. The van der Waals surface area contributed by atoms with E-state index in [0.717, 1.165) is 0 Å². The molecular formula is C10H9F2NO3. The number of hydrogen-bond donors (Lipinski definition) is 2. The van der Waals surface area contributed by atoms with Gasteiger partial charge in [-0.2, -0.15) is 8.78 Å². The lowest BCUT2D eigenvalue weighted by atomic mass is 10.1. The Morgan fingerprint density at radius 1 is 1.19 bits per heavy atom. The molecule has 0 radical (unpaired) electrons. The van der Waals surface area contributed by atoms with Crippen molar-refractivity contribution < 1.29 is 23.5 Å². The molecular weight excluding hydrogens is 220 g/mol. The smallest absolute Gasteiger partial charge is 0.330 e. The summed E-state index contributed by atoms with van der Waals surface area (Å²) in [5.41, 5.74) is 0.240. The van der Waals surface area contributed by atoms with Crippen molar-refractivity contribution in [3.8, 4) is 0 Å². The maximum Gasteiger partial charge on any atom is 0.330 e. The van der Waals surface area contributed by atoms with E-state index in [9.17, 15) is 18.4 Å². The third-order valence-corrected chi connectivity index (χ3v) is 1.86. The van der Waals surface area contributed by atoms with Gasteiger partial charge in [-0.3, -0.25) is 4.79 Å². The number of rotatable bonds is 4. The molecule has 0 aliphatic carbocycles. The molecule has 0 saturated heterocycles. The van der Waals surface area contributed by atoms with Crippen LogP contribution in [0.25, 0.3) is 0 Å². The van der Waals surface area contributed by atoms with Crippen molar-refractivity contribution in [1.82, 2.24) is 5.32 Å². The Morgan fingerprint density at radius 3 is 2.19 bits per heavy atom. The molecule has 0 spiro atoms. The van der Waals surface area contributed by atoms with E-state index in [1.165, 1.54) is 12.1 Å². The Balaban J connectivity index is 2.85. The SMILES string of the molecule is O=C(NC(C(=O)O)c1ccccc1)C(F)F. The van der Waals surface area contributed by atoms with Crippen molar-refractivity contribution in [2.75, 3.05) is 0 Å². The molecule has 4 nitrogen and oxygen atoms in total. The first-order chi connectivity index (χ1) is 7.52. The van der Waals surface area contributed by atoms with E-state index in [-0.39, 0.29) is 5.56 Å². The summed E-state index contributed by atoms with van der Waals surface area (Å²) in [6, 6.07) is 6.18. The number of alkyl halides is 2. The molecule has 1 aromatic rings. The highest BCUT2D eigenvalue weighted by Crippen LogP contribution is 2.13. The number of amides is 1. The third-order valence-electron chi connectivity index (χ3n) is 1.86. The van der Waals surface area contributed by atoms with Crippen LogP contribution in [-0.4, -0.2) is 23.4 Å². The van der Waals surface area contributed by atoms with E-state index in [0.29, 0.717) is 0 Å². The van der Waals surface area contributed by atoms with Gasteiger partial charge in [-0.05, 0) is 5.56 Å². The van der Waals surface area contributed by atoms with E-state index in [1.54, 1.807) is 23.5 Å². The molecule has 0 aromatic heterocycles. The molecule has 0 aliphatic rings. The van der Waals surface area contributed by atoms with E-state index < -0.39 is 24.3 Å². The molecule has 0 fully saturated rings. The largest absolute Gasteiger partial charge is 0.479 e. The number of hydrogen-bond acceptors (Lipinski definition) is 2. The van der Waals surface area contributed by atoms with Crippen molar-refractivity contribution in [2.24, 2.45) is 0 Å². The molecule has 6 heteroatoms. The molecule has 1 atom stereocenters. The van der Waals surface area contributed by atoms with Crippen LogP contribution >= 0.6 is 0 Å². The minimum atomic E-state index is -3.23. The highest BCUT2D eigenvalue weighted by Gasteiger charge is 2.25. The van der Waals surface area contributed by atoms with Gasteiger partial charge in [0.15, 0.2) is 6.04 Å². The van der Waals surface area contributed by atoms with Crippen LogP contribution in [0.2, 0.25) is 0 Å². The number of nitrogens with one attached hydrogen (secondary N) is 1. The number of carbonyl (C=O) groups is 2. The van der Waals surface area contributed by atoms with E-state index in [2.05, 4.69) is 0 Å². The second kappa shape index (κ2) is 5.20. The number of halogens is 2. The van der Waals surface area contributed by atoms with Gasteiger partial charge in [0.2, 0.25) is 0 Å². The summed E-state index contributed by atoms with van der Waals surface area (Å²) in [5, 5.41) is 10.5. The number of aliphatic carboxylic acids is 1. The third kappa shape index (κ3) is 3.01. The molecule has 1 rings (SSSR count). The Morgan fingerprint density at radius 2 is 1.75 bits per heavy atom. The summed E-state index contributed by atoms with van der Waals surface area (Å²) in [4.78, 5) is 21.5. The Kier molecular flexibility index (Phi) is 3.93. The van der Waals surface area contributed by atoms with Crippen molar-refractivity contribution in [3.05, 3.63) is 35.9 Å². The Hall–Kier alpha value is -1.98. The van der Waals surface area contributed by atoms with Crippen LogP contribution in [0, 0.1) is 0 Å². The zero-order valence-electron chi connectivity index (χ0n) is 8.06. The van der Waals surface area contributed by atoms with E-state index >= 15 is 0 Å². The van der Waals surface area contributed by atoms with Gasteiger partial charge in [-0.1, -0.05) is 30.3 Å². The van der Waals surface area contributed by atoms with Crippen LogP contribution in [0.1, 0.15) is 11.6 Å². The fourth-order valence-corrected chi connectivity index (χ4v) is 1.14. The molecule has 0 bridgehead atoms. The first kappa shape index (κ1) is 12.1. The maximum absolute atomic E-state index is 12.0. The van der Waals surface area contributed by atoms with Crippen LogP contribution in [0.3, 0.4) is 0 Å². The van der Waals surface area contributed by atoms with Gasteiger partial charge in [0.05, 0.1) is 0 Å². The summed E-state index contributed by atoms with van der Waals surface area (Å²) >= 11 is 0. The lowest BCUT2D eigenvalue weighted by Crippen LogP contribution is -2.37. The van der Waals surface area contributed by atoms with Crippen LogP contribution in [0.15, 0.2) is 30.3 Å². The second-order valence-corrected chi connectivity index (χ2v) is 2.99. The topological polar surface area (TPSA) is 66.4 Å². The van der Waals surface area contributed by atoms with Crippen LogP contribution in [0.5, 0.6) is 0 Å². The molecule has 86 valence electrons. The van der Waals surface area contributed by atoms with Gasteiger partial charge in [0.1, 0.15) is 0 Å². The normalized spacial score (nSPS) is 12.2. The highest BCUT2D eigenvalue weighted by atomic mass is 19.3. The number of carboxylic acids is 1. The van der Waals surface area contributed by atoms with Gasteiger partial charge in [0, 0.05) is 0 Å². The zero-order chi connectivity index (χ0) is 12.1. The number of benzene rings is 1. The molecule has 2 N–H and O–H groups in total. The summed E-state index contributed by atoms with van der Waals surface area (Å²) in [5.74, 6) is -2.99. The molecule has 0 heterocycles. The standard InChI is InChI=1S/C10H9F2NO3/c11-8(12)9(14)13-7(10(15)16)6-4-2-1-3-5-6/h1-5,7-8H,(H,13,14)(H,15,16). The Bertz CT molecular complexity index is 381. The number of carbonyl (C=O) groups excluding carboxylic acids is 1. The predicted molar refractivity (Wildman–Crippen MR) is 51.0 cm³/mol. The first-order valence-electron chi connectivity index (χ1n) is 4.38. The monoisotopic (exact) mass is 229 g/mol. The van der Waals surface area contributed by atoms with Crippen LogP contribution in [-0.2, 0) is 9.59 Å². The fourth-order valence-electron chi connectivity index (χ4n) is 1.14. The van der Waals surface area contributed by atoms with Gasteiger partial charge in [0.25, 0.3) is 5.91 Å². The quantitative estimate of drug-likeness (QED) is 0.815. The minimum absolute atomic E-state index is 0.240. The lowest BCUT2D eigenvalue weighted by Gasteiger charge is -2.14. The van der Waals surface area contributed by atoms with Gasteiger partial charge in [-0.15, -0.1) is 0 Å². The maximum atomic E-state index is 12.0. The van der Waals surface area contributed by atoms with Crippen LogP contribution < -0.4 is 5.32 Å². The molecule has 1 amide bonds. The molecule has 1 aromatic carbocycles. The lowest BCUT2D eigenvalue weighted by molar-refractivity contribution is -0.144. The average molecular weight is 229 g/mol. The minimum Gasteiger partial charge on any atom is -0.479 e. The van der Waals surface area contributed by atoms with Crippen molar-refractivity contribution in [2.45, 2.75) is 12.5 Å². The van der Waals surface area contributed by atoms with Gasteiger partial charge in [-0.25, -0.2) is 4.79 Å². The van der Waals surface area contributed by atoms with E-state index in [4.69, 9.17) is 5.11 Å². The van der Waals surface area contributed by atoms with Crippen molar-refractivity contribution in [1.29, 1.82) is 0 Å². The fraction of sp³-hybridized carbons (Fsp3) is 0.200. The van der Waals surface area contributed by atoms with Gasteiger partial charge < -0.3 is 10.4 Å². The van der Waals surface area contributed by atoms with Crippen LogP contribution in [0.4, 0.5) is 8.78 Å². The Labute approximate surface area is 89.9 Å². The summed E-state index contributed by atoms with van der Waals surface area (Å²) in [6.45, 7) is 0. The average Bonchev–Trinajstić information content (AvgIpc) is 2.26. The first-order valence-corrected chi connectivity index (χ1v) is 4.38. The number of carboxylic acid groups (broad SMARTS) is 1. The van der Waals surface area contributed by atoms with Gasteiger partial charge >= 0.3 is 12.4 Å². The van der Waals surface area contributed by atoms with Crippen molar-refractivity contribution >= 4 is 11.9 Å². The second-order valence-electron chi connectivity index (χ2n) is 2.99. The highest BCUT2D eigenvalue weighted by molar-refractivity contribution is 5.86. The zero-order valence-corrected chi connectivity index (χ0v) is 8.06. The molecule has 16 heavy (non-hydrogen) atoms. The predicted octanol–water partition coefficient (Wildman–Crippen LogP) is 1.19. The van der Waals surface area contributed by atoms with E-state index in [1.807, 2.05) is 0 Å². The summed E-state index contributed by atoms with van der Waals surface area (Å²) < 4.78 is 23.9. The molecule has 1 unspecified atom stereocenters. The molecule has 0 aliphatic heterocycles. The van der Waals surface area contributed by atoms with Crippen molar-refractivity contribution in [3.63, 3.8) is 0 Å². The molecule has 0 saturated carbocycles. The summed E-state index contributed by atoms with van der Waals surface area (Å²) in [7, 11) is 0.